The number of aryl methyl sites for hydroxylation is 1. The molecule has 1 aromatic heterocycles. The van der Waals surface area contributed by atoms with Crippen molar-refractivity contribution in [2.24, 2.45) is 12.8 Å². The van der Waals surface area contributed by atoms with Gasteiger partial charge in [0, 0.05) is 32.4 Å². The SMILES string of the molecule is Cn1cc(S(=O)(=O)N2CC[C@H](N)C2)cn1. The summed E-state index contributed by atoms with van der Waals surface area (Å²) in [4.78, 5) is 0.235. The van der Waals surface area contributed by atoms with Gasteiger partial charge in [0.1, 0.15) is 4.90 Å². The molecule has 0 saturated carbocycles. The molecule has 7 heteroatoms. The molecular weight excluding hydrogens is 216 g/mol. The Bertz CT molecular complexity index is 453. The van der Waals surface area contributed by atoms with Crippen LogP contribution in [0.3, 0.4) is 0 Å². The summed E-state index contributed by atoms with van der Waals surface area (Å²) in [6.45, 7) is 0.898. The molecule has 1 fully saturated rings. The molecule has 1 aliphatic rings. The van der Waals surface area contributed by atoms with E-state index in [1.165, 1.54) is 21.4 Å². The van der Waals surface area contributed by atoms with Crippen LogP contribution in [-0.4, -0.2) is 41.6 Å². The van der Waals surface area contributed by atoms with E-state index in [4.69, 9.17) is 5.73 Å². The third-order valence-electron chi connectivity index (χ3n) is 2.51. The Balaban J connectivity index is 2.27. The van der Waals surface area contributed by atoms with Crippen LogP contribution in [0.15, 0.2) is 17.3 Å². The maximum atomic E-state index is 12.0. The second kappa shape index (κ2) is 3.58. The van der Waals surface area contributed by atoms with Gasteiger partial charge in [0.15, 0.2) is 0 Å². The highest BCUT2D eigenvalue weighted by Crippen LogP contribution is 2.19. The minimum absolute atomic E-state index is 0.0450. The van der Waals surface area contributed by atoms with E-state index in [-0.39, 0.29) is 10.9 Å². The van der Waals surface area contributed by atoms with Crippen molar-refractivity contribution in [1.82, 2.24) is 14.1 Å². The molecule has 0 unspecified atom stereocenters. The second-order valence-corrected chi connectivity index (χ2v) is 5.70. The second-order valence-electron chi connectivity index (χ2n) is 3.76. The van der Waals surface area contributed by atoms with Crippen LogP contribution >= 0.6 is 0 Å². The number of nitrogens with zero attached hydrogens (tertiary/aromatic N) is 3. The molecule has 0 aliphatic carbocycles. The van der Waals surface area contributed by atoms with Crippen LogP contribution in [0.25, 0.3) is 0 Å². The Labute approximate surface area is 88.7 Å². The minimum Gasteiger partial charge on any atom is -0.326 e. The highest BCUT2D eigenvalue weighted by Gasteiger charge is 2.31. The quantitative estimate of drug-likeness (QED) is 0.717. The first-order chi connectivity index (χ1) is 7.00. The lowest BCUT2D eigenvalue weighted by Gasteiger charge is -2.13. The number of aromatic nitrogens is 2. The lowest BCUT2D eigenvalue weighted by atomic mass is 10.3. The van der Waals surface area contributed by atoms with Crippen molar-refractivity contribution in [3.63, 3.8) is 0 Å². The smallest absolute Gasteiger partial charge is 0.246 e. The molecule has 1 aromatic rings. The van der Waals surface area contributed by atoms with Crippen LogP contribution in [0.1, 0.15) is 6.42 Å². The van der Waals surface area contributed by atoms with E-state index < -0.39 is 10.0 Å². The maximum absolute atomic E-state index is 12.0. The highest BCUT2D eigenvalue weighted by molar-refractivity contribution is 7.89. The van der Waals surface area contributed by atoms with Gasteiger partial charge in [-0.3, -0.25) is 4.68 Å². The van der Waals surface area contributed by atoms with Crippen LogP contribution in [0.5, 0.6) is 0 Å². The average molecular weight is 230 g/mol. The molecule has 2 heterocycles. The zero-order valence-electron chi connectivity index (χ0n) is 8.50. The minimum atomic E-state index is -3.38. The summed E-state index contributed by atoms with van der Waals surface area (Å²) >= 11 is 0. The van der Waals surface area contributed by atoms with Crippen molar-refractivity contribution in [1.29, 1.82) is 0 Å². The first-order valence-corrected chi connectivity index (χ1v) is 6.18. The first-order valence-electron chi connectivity index (χ1n) is 4.74. The van der Waals surface area contributed by atoms with E-state index in [9.17, 15) is 8.42 Å². The van der Waals surface area contributed by atoms with E-state index >= 15 is 0 Å². The number of sulfonamides is 1. The molecule has 2 rings (SSSR count). The summed E-state index contributed by atoms with van der Waals surface area (Å²) in [5, 5.41) is 3.85. The van der Waals surface area contributed by atoms with E-state index in [1.54, 1.807) is 7.05 Å². The van der Waals surface area contributed by atoms with Crippen molar-refractivity contribution in [3.05, 3.63) is 12.4 Å². The molecule has 1 saturated heterocycles. The van der Waals surface area contributed by atoms with E-state index in [0.29, 0.717) is 13.1 Å². The van der Waals surface area contributed by atoms with E-state index in [1.807, 2.05) is 0 Å². The Kier molecular flexibility index (Phi) is 2.53. The monoisotopic (exact) mass is 230 g/mol. The largest absolute Gasteiger partial charge is 0.326 e. The summed E-state index contributed by atoms with van der Waals surface area (Å²) in [5.74, 6) is 0. The molecule has 6 nitrogen and oxygen atoms in total. The molecule has 15 heavy (non-hydrogen) atoms. The van der Waals surface area contributed by atoms with Gasteiger partial charge >= 0.3 is 0 Å². The molecule has 0 aromatic carbocycles. The van der Waals surface area contributed by atoms with Crippen molar-refractivity contribution in [3.8, 4) is 0 Å². The molecule has 1 atom stereocenters. The average Bonchev–Trinajstić information content (AvgIpc) is 2.74. The van der Waals surface area contributed by atoms with Gasteiger partial charge in [-0.15, -0.1) is 0 Å². The van der Waals surface area contributed by atoms with Gasteiger partial charge in [-0.2, -0.15) is 9.40 Å². The first kappa shape index (κ1) is 10.6. The van der Waals surface area contributed by atoms with Gasteiger partial charge < -0.3 is 5.73 Å². The summed E-state index contributed by atoms with van der Waals surface area (Å²) < 4.78 is 26.9. The summed E-state index contributed by atoms with van der Waals surface area (Å²) in [6, 6.07) is -0.0450. The van der Waals surface area contributed by atoms with Gasteiger partial charge in [-0.05, 0) is 6.42 Å². The summed E-state index contributed by atoms with van der Waals surface area (Å²) in [5.41, 5.74) is 5.68. The fourth-order valence-corrected chi connectivity index (χ4v) is 3.15. The van der Waals surface area contributed by atoms with Crippen LogP contribution in [0.4, 0.5) is 0 Å². The van der Waals surface area contributed by atoms with Crippen molar-refractivity contribution in [2.75, 3.05) is 13.1 Å². The Morgan fingerprint density at radius 3 is 2.80 bits per heavy atom. The number of nitrogens with two attached hydrogens (primary N) is 1. The van der Waals surface area contributed by atoms with Gasteiger partial charge in [0.2, 0.25) is 10.0 Å². The molecule has 0 spiro atoms. The Morgan fingerprint density at radius 2 is 2.33 bits per heavy atom. The number of hydrogen-bond donors (Lipinski definition) is 1. The molecule has 0 bridgehead atoms. The summed E-state index contributed by atoms with van der Waals surface area (Å²) in [7, 11) is -1.69. The zero-order chi connectivity index (χ0) is 11.1. The van der Waals surface area contributed by atoms with Gasteiger partial charge in [0.25, 0.3) is 0 Å². The van der Waals surface area contributed by atoms with Crippen LogP contribution in [-0.2, 0) is 17.1 Å². The zero-order valence-corrected chi connectivity index (χ0v) is 9.31. The van der Waals surface area contributed by atoms with Gasteiger partial charge in [-0.25, -0.2) is 8.42 Å². The molecule has 84 valence electrons. The predicted octanol–water partition coefficient (Wildman–Crippen LogP) is -0.858. The fourth-order valence-electron chi connectivity index (χ4n) is 1.65. The third kappa shape index (κ3) is 1.90. The highest BCUT2D eigenvalue weighted by atomic mass is 32.2. The lowest BCUT2D eigenvalue weighted by molar-refractivity contribution is 0.472. The van der Waals surface area contributed by atoms with Gasteiger partial charge in [0.05, 0.1) is 6.20 Å². The van der Waals surface area contributed by atoms with Crippen LogP contribution in [0.2, 0.25) is 0 Å². The molecule has 2 N–H and O–H groups in total. The van der Waals surface area contributed by atoms with Crippen LogP contribution < -0.4 is 5.73 Å². The lowest BCUT2D eigenvalue weighted by Crippen LogP contribution is -2.31. The molecular formula is C8H14N4O2S. The maximum Gasteiger partial charge on any atom is 0.246 e. The van der Waals surface area contributed by atoms with Crippen molar-refractivity contribution >= 4 is 10.0 Å². The van der Waals surface area contributed by atoms with E-state index in [2.05, 4.69) is 5.10 Å². The topological polar surface area (TPSA) is 81.2 Å². The molecule has 0 radical (unpaired) electrons. The normalized spacial score (nSPS) is 23.5. The van der Waals surface area contributed by atoms with E-state index in [0.717, 1.165) is 6.42 Å². The molecule has 0 amide bonds. The fraction of sp³-hybridized carbons (Fsp3) is 0.625. The number of rotatable bonds is 2. The van der Waals surface area contributed by atoms with Crippen LogP contribution in [0, 0.1) is 0 Å². The van der Waals surface area contributed by atoms with Crippen molar-refractivity contribution < 1.29 is 8.42 Å². The predicted molar refractivity (Wildman–Crippen MR) is 54.6 cm³/mol. The Hall–Kier alpha value is -0.920. The number of hydrogen-bond acceptors (Lipinski definition) is 4. The standard InChI is InChI=1S/C8H14N4O2S/c1-11-6-8(4-10-11)15(13,14)12-3-2-7(9)5-12/h4,6-7H,2-3,5,9H2,1H3/t7-/m0/s1. The van der Waals surface area contributed by atoms with Gasteiger partial charge in [-0.1, -0.05) is 0 Å². The van der Waals surface area contributed by atoms with Crippen molar-refractivity contribution in [2.45, 2.75) is 17.4 Å². The molecule has 1 aliphatic heterocycles. The summed E-state index contributed by atoms with van der Waals surface area (Å²) in [6.07, 6.45) is 3.58. The third-order valence-corrected chi connectivity index (χ3v) is 4.32. The Morgan fingerprint density at radius 1 is 1.60 bits per heavy atom.